The fraction of sp³-hybridized carbons (Fsp3) is 0.600. The number of nitrogens with two attached hydrogens (primary N) is 1. The summed E-state index contributed by atoms with van der Waals surface area (Å²) in [6.07, 6.45) is 3.69. The quantitative estimate of drug-likeness (QED) is 0.886. The summed E-state index contributed by atoms with van der Waals surface area (Å²) >= 11 is 0. The van der Waals surface area contributed by atoms with E-state index in [1.807, 2.05) is 0 Å². The Kier molecular flexibility index (Phi) is 3.52. The lowest BCUT2D eigenvalue weighted by Crippen LogP contribution is -2.38. The van der Waals surface area contributed by atoms with E-state index in [2.05, 4.69) is 29.2 Å². The van der Waals surface area contributed by atoms with Crippen LogP contribution in [-0.2, 0) is 0 Å². The molecule has 0 amide bonds. The van der Waals surface area contributed by atoms with Crippen LogP contribution in [0, 0.1) is 0 Å². The Morgan fingerprint density at radius 1 is 1.28 bits per heavy atom. The largest absolute Gasteiger partial charge is 0.493 e. The van der Waals surface area contributed by atoms with Crippen LogP contribution < -0.4 is 10.5 Å². The van der Waals surface area contributed by atoms with E-state index in [0.717, 1.165) is 31.9 Å². The molecule has 0 radical (unpaired) electrons. The summed E-state index contributed by atoms with van der Waals surface area (Å²) in [7, 11) is 0. The molecule has 98 valence electrons. The number of ether oxygens (including phenoxy) is 1. The molecule has 3 rings (SSSR count). The number of nitrogens with zero attached hydrogens (tertiary/aromatic N) is 1. The van der Waals surface area contributed by atoms with E-state index >= 15 is 0 Å². The molecule has 3 heteroatoms. The van der Waals surface area contributed by atoms with E-state index in [-0.39, 0.29) is 0 Å². The Morgan fingerprint density at radius 3 is 3.06 bits per heavy atom. The van der Waals surface area contributed by atoms with Gasteiger partial charge in [-0.1, -0.05) is 18.2 Å². The van der Waals surface area contributed by atoms with E-state index in [4.69, 9.17) is 10.5 Å². The molecule has 0 aromatic heterocycles. The summed E-state index contributed by atoms with van der Waals surface area (Å²) in [6, 6.07) is 9.07. The molecule has 0 aliphatic carbocycles. The SMILES string of the molecule is NCC1CCCN1CC1CCOc2ccccc21. The normalized spacial score (nSPS) is 27.8. The van der Waals surface area contributed by atoms with Crippen LogP contribution in [0.5, 0.6) is 5.75 Å². The van der Waals surface area contributed by atoms with Crippen LogP contribution in [0.2, 0.25) is 0 Å². The van der Waals surface area contributed by atoms with E-state index in [0.29, 0.717) is 12.0 Å². The maximum Gasteiger partial charge on any atom is 0.122 e. The van der Waals surface area contributed by atoms with Crippen molar-refractivity contribution in [3.8, 4) is 5.75 Å². The van der Waals surface area contributed by atoms with Crippen LogP contribution in [0.3, 0.4) is 0 Å². The van der Waals surface area contributed by atoms with Crippen LogP contribution in [-0.4, -0.2) is 37.2 Å². The zero-order valence-electron chi connectivity index (χ0n) is 10.8. The van der Waals surface area contributed by atoms with Crippen molar-refractivity contribution < 1.29 is 4.74 Å². The molecular formula is C15H22N2O. The number of fused-ring (bicyclic) bond motifs is 1. The number of likely N-dealkylation sites (tertiary alicyclic amines) is 1. The van der Waals surface area contributed by atoms with Gasteiger partial charge in [-0.2, -0.15) is 0 Å². The molecule has 18 heavy (non-hydrogen) atoms. The minimum absolute atomic E-state index is 0.597. The Morgan fingerprint density at radius 2 is 2.17 bits per heavy atom. The molecule has 3 nitrogen and oxygen atoms in total. The van der Waals surface area contributed by atoms with Gasteiger partial charge in [0.1, 0.15) is 5.75 Å². The fourth-order valence-corrected chi connectivity index (χ4v) is 3.29. The fourth-order valence-electron chi connectivity index (χ4n) is 3.29. The van der Waals surface area contributed by atoms with Crippen LogP contribution in [0.4, 0.5) is 0 Å². The van der Waals surface area contributed by atoms with Crippen LogP contribution in [0.15, 0.2) is 24.3 Å². The predicted octanol–water partition coefficient (Wildman–Crippen LogP) is 1.98. The molecule has 0 saturated carbocycles. The molecule has 0 bridgehead atoms. The van der Waals surface area contributed by atoms with Crippen LogP contribution >= 0.6 is 0 Å². The van der Waals surface area contributed by atoms with Crippen molar-refractivity contribution in [3.63, 3.8) is 0 Å². The van der Waals surface area contributed by atoms with Crippen LogP contribution in [0.1, 0.15) is 30.7 Å². The highest BCUT2D eigenvalue weighted by molar-refractivity contribution is 5.38. The first-order valence-corrected chi connectivity index (χ1v) is 7.04. The van der Waals surface area contributed by atoms with E-state index < -0.39 is 0 Å². The first kappa shape index (κ1) is 12.0. The second kappa shape index (κ2) is 5.29. The van der Waals surface area contributed by atoms with Gasteiger partial charge >= 0.3 is 0 Å². The van der Waals surface area contributed by atoms with Gasteiger partial charge < -0.3 is 10.5 Å². The zero-order chi connectivity index (χ0) is 12.4. The van der Waals surface area contributed by atoms with Gasteiger partial charge in [0.2, 0.25) is 0 Å². The molecule has 1 aromatic carbocycles. The summed E-state index contributed by atoms with van der Waals surface area (Å²) in [4.78, 5) is 2.58. The Hall–Kier alpha value is -1.06. The second-order valence-corrected chi connectivity index (χ2v) is 5.40. The highest BCUT2D eigenvalue weighted by Gasteiger charge is 2.28. The minimum Gasteiger partial charge on any atom is -0.493 e. The second-order valence-electron chi connectivity index (χ2n) is 5.40. The average Bonchev–Trinajstić information content (AvgIpc) is 2.86. The number of rotatable bonds is 3. The highest BCUT2D eigenvalue weighted by Crippen LogP contribution is 2.35. The maximum atomic E-state index is 5.86. The Balaban J connectivity index is 1.74. The van der Waals surface area contributed by atoms with Crippen molar-refractivity contribution >= 4 is 0 Å². The first-order valence-electron chi connectivity index (χ1n) is 7.04. The summed E-state index contributed by atoms with van der Waals surface area (Å²) in [5.41, 5.74) is 7.24. The van der Waals surface area contributed by atoms with E-state index in [1.54, 1.807) is 0 Å². The van der Waals surface area contributed by atoms with Crippen molar-refractivity contribution in [1.29, 1.82) is 0 Å². The molecular weight excluding hydrogens is 224 g/mol. The van der Waals surface area contributed by atoms with E-state index in [9.17, 15) is 0 Å². The summed E-state index contributed by atoms with van der Waals surface area (Å²) in [5, 5.41) is 0. The van der Waals surface area contributed by atoms with Crippen molar-refractivity contribution in [2.24, 2.45) is 5.73 Å². The van der Waals surface area contributed by atoms with Crippen molar-refractivity contribution in [1.82, 2.24) is 4.90 Å². The summed E-state index contributed by atoms with van der Waals surface area (Å²) in [6.45, 7) is 4.00. The monoisotopic (exact) mass is 246 g/mol. The molecule has 1 fully saturated rings. The lowest BCUT2D eigenvalue weighted by molar-refractivity contribution is 0.203. The molecule has 2 N–H and O–H groups in total. The number of benzene rings is 1. The minimum atomic E-state index is 0.597. The van der Waals surface area contributed by atoms with Crippen molar-refractivity contribution in [3.05, 3.63) is 29.8 Å². The van der Waals surface area contributed by atoms with E-state index in [1.165, 1.54) is 24.9 Å². The molecule has 2 atom stereocenters. The van der Waals surface area contributed by atoms with Gasteiger partial charge in [0, 0.05) is 25.0 Å². The smallest absolute Gasteiger partial charge is 0.122 e. The van der Waals surface area contributed by atoms with Gasteiger partial charge in [0.25, 0.3) is 0 Å². The number of hydrogen-bond donors (Lipinski definition) is 1. The maximum absolute atomic E-state index is 5.86. The zero-order valence-corrected chi connectivity index (χ0v) is 10.8. The molecule has 1 aromatic rings. The van der Waals surface area contributed by atoms with Gasteiger partial charge in [-0.15, -0.1) is 0 Å². The van der Waals surface area contributed by atoms with Crippen LogP contribution in [0.25, 0.3) is 0 Å². The van der Waals surface area contributed by atoms with Gasteiger partial charge in [-0.3, -0.25) is 4.90 Å². The molecule has 2 unspecified atom stereocenters. The van der Waals surface area contributed by atoms with Gasteiger partial charge in [0.15, 0.2) is 0 Å². The van der Waals surface area contributed by atoms with Gasteiger partial charge in [-0.25, -0.2) is 0 Å². The summed E-state index contributed by atoms with van der Waals surface area (Å²) in [5.74, 6) is 1.69. The molecule has 0 spiro atoms. The van der Waals surface area contributed by atoms with Gasteiger partial charge in [-0.05, 0) is 37.4 Å². The molecule has 2 aliphatic rings. The molecule has 2 heterocycles. The molecule has 1 saturated heterocycles. The van der Waals surface area contributed by atoms with Crippen molar-refractivity contribution in [2.75, 3.05) is 26.2 Å². The lowest BCUT2D eigenvalue weighted by atomic mass is 9.92. The number of para-hydroxylation sites is 1. The Bertz CT molecular complexity index is 407. The Labute approximate surface area is 109 Å². The molecule has 2 aliphatic heterocycles. The van der Waals surface area contributed by atoms with Crippen molar-refractivity contribution in [2.45, 2.75) is 31.2 Å². The summed E-state index contributed by atoms with van der Waals surface area (Å²) < 4.78 is 5.73. The standard InChI is InChI=1S/C15H22N2O/c16-10-13-4-3-8-17(13)11-12-7-9-18-15-6-2-1-5-14(12)15/h1-2,5-6,12-13H,3-4,7-11,16H2. The topological polar surface area (TPSA) is 38.5 Å². The third-order valence-corrected chi connectivity index (χ3v) is 4.31. The van der Waals surface area contributed by atoms with Gasteiger partial charge in [0.05, 0.1) is 6.61 Å². The highest BCUT2D eigenvalue weighted by atomic mass is 16.5. The number of hydrogen-bond acceptors (Lipinski definition) is 3. The predicted molar refractivity (Wildman–Crippen MR) is 72.9 cm³/mol. The third kappa shape index (κ3) is 2.25. The lowest BCUT2D eigenvalue weighted by Gasteiger charge is -2.32. The average molecular weight is 246 g/mol. The first-order chi connectivity index (χ1) is 8.88. The third-order valence-electron chi connectivity index (χ3n) is 4.31.